The van der Waals surface area contributed by atoms with Crippen molar-refractivity contribution in [2.24, 2.45) is 5.92 Å². The predicted molar refractivity (Wildman–Crippen MR) is 221 cm³/mol. The molecule has 3 aromatic carbocycles. The molecule has 10 heteroatoms. The zero-order valence-corrected chi connectivity index (χ0v) is 34.5. The number of methoxy groups -OCH3 is 1. The lowest BCUT2D eigenvalue weighted by molar-refractivity contribution is -0.149. The molecule has 3 aliphatic rings. The molecule has 2 fully saturated rings. The summed E-state index contributed by atoms with van der Waals surface area (Å²) < 4.78 is 12.8. The number of rotatable bonds is 15. The highest BCUT2D eigenvalue weighted by Gasteiger charge is 2.66. The van der Waals surface area contributed by atoms with E-state index in [1.54, 1.807) is 16.9 Å². The molecular weight excluding hydrogens is 707 g/mol. The van der Waals surface area contributed by atoms with Crippen molar-refractivity contribution in [3.8, 4) is 5.75 Å². The minimum atomic E-state index is -2.53. The van der Waals surface area contributed by atoms with Crippen LogP contribution in [-0.4, -0.2) is 75.3 Å². The lowest BCUT2D eigenvalue weighted by Crippen LogP contribution is -2.52. The van der Waals surface area contributed by atoms with Crippen molar-refractivity contribution in [1.82, 2.24) is 4.90 Å². The van der Waals surface area contributed by atoms with Gasteiger partial charge in [-0.05, 0) is 75.0 Å². The Bertz CT molecular complexity index is 1940. The van der Waals surface area contributed by atoms with Gasteiger partial charge in [0.15, 0.2) is 5.60 Å². The predicted octanol–water partition coefficient (Wildman–Crippen LogP) is 7.10. The van der Waals surface area contributed by atoms with Crippen molar-refractivity contribution in [3.05, 3.63) is 107 Å². The molecule has 0 unspecified atom stereocenters. The van der Waals surface area contributed by atoms with Gasteiger partial charge in [0.25, 0.3) is 5.91 Å². The van der Waals surface area contributed by atoms with E-state index in [0.717, 1.165) is 41.1 Å². The van der Waals surface area contributed by atoms with Crippen molar-refractivity contribution in [2.75, 3.05) is 43.2 Å². The van der Waals surface area contributed by atoms with Crippen LogP contribution in [0.25, 0.3) is 0 Å². The number of aliphatic hydroxyl groups is 1. The molecule has 0 aliphatic carbocycles. The quantitative estimate of drug-likeness (QED) is 0.101. The van der Waals surface area contributed by atoms with Gasteiger partial charge in [-0.15, -0.1) is 0 Å². The van der Waals surface area contributed by atoms with Crippen LogP contribution in [0.3, 0.4) is 0 Å². The molecule has 0 aromatic heterocycles. The summed E-state index contributed by atoms with van der Waals surface area (Å²) in [5, 5.41) is 11.2. The number of fused-ring (bicyclic) bond motifs is 2. The van der Waals surface area contributed by atoms with Crippen molar-refractivity contribution < 1.29 is 29.0 Å². The molecule has 292 valence electrons. The van der Waals surface area contributed by atoms with Crippen molar-refractivity contribution in [1.29, 1.82) is 0 Å². The Hall–Kier alpha value is -4.51. The second-order valence-electron chi connectivity index (χ2n) is 16.2. The summed E-state index contributed by atoms with van der Waals surface area (Å²) in [4.78, 5) is 47.7. The first-order valence-corrected chi connectivity index (χ1v) is 22.7. The highest BCUT2D eigenvalue weighted by atomic mass is 28.3. The monoisotopic (exact) mass is 763 g/mol. The summed E-state index contributed by atoms with van der Waals surface area (Å²) in [5.74, 6) is 0.249. The number of carbonyl (C=O) groups is 3. The molecule has 3 heterocycles. The summed E-state index contributed by atoms with van der Waals surface area (Å²) in [6.07, 6.45) is 6.17. The van der Waals surface area contributed by atoms with Gasteiger partial charge in [-0.3, -0.25) is 14.4 Å². The SMILES string of the molecule is COc1ccc([Si](C)(C)[C@H]2[C@H](CC(=O)N(CCO)Cc3ccccc3)O[C@@]3(C(=O)N(C/C=C(\C)CCC=C(C)C)c4ccc(N5CCC5=O)cc43)[C@@H]2C)cc1. The maximum atomic E-state index is 15.3. The van der Waals surface area contributed by atoms with Gasteiger partial charge in [0.1, 0.15) is 5.75 Å². The van der Waals surface area contributed by atoms with Crippen LogP contribution >= 0.6 is 0 Å². The Labute approximate surface area is 327 Å². The van der Waals surface area contributed by atoms with Crippen molar-refractivity contribution >= 4 is 42.4 Å². The Morgan fingerprint density at radius 1 is 1.04 bits per heavy atom. The first kappa shape index (κ1) is 40.2. The van der Waals surface area contributed by atoms with Gasteiger partial charge in [0, 0.05) is 49.8 Å². The molecule has 4 atom stereocenters. The molecule has 6 rings (SSSR count). The smallest absolute Gasteiger partial charge is 0.264 e. The topological polar surface area (TPSA) is 99.6 Å². The molecule has 0 radical (unpaired) electrons. The highest BCUT2D eigenvalue weighted by molar-refractivity contribution is 6.91. The van der Waals surface area contributed by atoms with Crippen LogP contribution in [0.2, 0.25) is 18.6 Å². The van der Waals surface area contributed by atoms with Crippen molar-refractivity contribution in [2.45, 2.75) is 90.3 Å². The fraction of sp³-hybridized carbons (Fsp3) is 0.444. The third-order valence-electron chi connectivity index (χ3n) is 12.0. The first-order chi connectivity index (χ1) is 26.3. The van der Waals surface area contributed by atoms with Crippen LogP contribution in [0.5, 0.6) is 5.75 Å². The van der Waals surface area contributed by atoms with E-state index in [4.69, 9.17) is 9.47 Å². The number of aliphatic hydroxyl groups excluding tert-OH is 1. The van der Waals surface area contributed by atoms with Gasteiger partial charge in [0.05, 0.1) is 40.0 Å². The second kappa shape index (κ2) is 16.7. The Balaban J connectivity index is 1.43. The summed E-state index contributed by atoms with van der Waals surface area (Å²) in [6.45, 7) is 14.4. The van der Waals surface area contributed by atoms with E-state index < -0.39 is 19.8 Å². The van der Waals surface area contributed by atoms with Crippen molar-refractivity contribution in [3.63, 3.8) is 0 Å². The number of ether oxygens (including phenoxy) is 2. The van der Waals surface area contributed by atoms with Crippen LogP contribution in [0.15, 0.2) is 96.1 Å². The average molecular weight is 764 g/mol. The molecule has 0 saturated carbocycles. The third kappa shape index (κ3) is 7.95. The first-order valence-electron chi connectivity index (χ1n) is 19.6. The Kier molecular flexibility index (Phi) is 12.2. The van der Waals surface area contributed by atoms with Crippen LogP contribution in [-0.2, 0) is 31.3 Å². The molecule has 3 aliphatic heterocycles. The van der Waals surface area contributed by atoms with E-state index in [0.29, 0.717) is 26.1 Å². The van der Waals surface area contributed by atoms with E-state index in [9.17, 15) is 14.7 Å². The Morgan fingerprint density at radius 2 is 1.76 bits per heavy atom. The third-order valence-corrected chi connectivity index (χ3v) is 16.4. The summed E-state index contributed by atoms with van der Waals surface area (Å²) in [7, 11) is -0.872. The van der Waals surface area contributed by atoms with Crippen LogP contribution in [0.4, 0.5) is 11.4 Å². The summed E-state index contributed by atoms with van der Waals surface area (Å²) >= 11 is 0. The molecule has 1 N–H and O–H groups in total. The summed E-state index contributed by atoms with van der Waals surface area (Å²) in [6, 6.07) is 23.8. The van der Waals surface area contributed by atoms with E-state index in [1.807, 2.05) is 65.6 Å². The van der Waals surface area contributed by atoms with Gasteiger partial charge < -0.3 is 29.3 Å². The van der Waals surface area contributed by atoms with Crippen LogP contribution in [0, 0.1) is 5.92 Å². The highest BCUT2D eigenvalue weighted by Crippen LogP contribution is 2.60. The van der Waals surface area contributed by atoms with E-state index in [2.05, 4.69) is 65.1 Å². The fourth-order valence-electron chi connectivity index (χ4n) is 8.89. The fourth-order valence-corrected chi connectivity index (χ4v) is 12.9. The largest absolute Gasteiger partial charge is 0.497 e. The lowest BCUT2D eigenvalue weighted by Gasteiger charge is -2.37. The molecule has 2 saturated heterocycles. The molecule has 3 amide bonds. The second-order valence-corrected chi connectivity index (χ2v) is 20.9. The maximum absolute atomic E-state index is 15.3. The normalized spacial score (nSPS) is 22.2. The van der Waals surface area contributed by atoms with Gasteiger partial charge in [-0.25, -0.2) is 0 Å². The lowest BCUT2D eigenvalue weighted by atomic mass is 9.82. The number of hydrogen-bond donors (Lipinski definition) is 1. The number of allylic oxidation sites excluding steroid dienone is 3. The van der Waals surface area contributed by atoms with Gasteiger partial charge in [-0.1, -0.05) is 91.0 Å². The van der Waals surface area contributed by atoms with Crippen LogP contribution < -0.4 is 19.7 Å². The zero-order chi connectivity index (χ0) is 39.5. The molecule has 1 spiro atoms. The van der Waals surface area contributed by atoms with Gasteiger partial charge in [0.2, 0.25) is 11.8 Å². The number of nitrogens with zero attached hydrogens (tertiary/aromatic N) is 3. The van der Waals surface area contributed by atoms with E-state index in [-0.39, 0.29) is 48.8 Å². The van der Waals surface area contributed by atoms with Gasteiger partial charge in [-0.2, -0.15) is 0 Å². The summed E-state index contributed by atoms with van der Waals surface area (Å²) in [5.41, 5.74) is 4.24. The van der Waals surface area contributed by atoms with Gasteiger partial charge >= 0.3 is 0 Å². The molecule has 0 bridgehead atoms. The zero-order valence-electron chi connectivity index (χ0n) is 33.5. The number of hydrogen-bond acceptors (Lipinski definition) is 6. The molecular formula is C45H57N3O6Si. The van der Waals surface area contributed by atoms with E-state index in [1.165, 1.54) is 16.3 Å². The number of β-lactam (4-membered cyclic amide) rings is 1. The minimum absolute atomic E-state index is 0.0577. The van der Waals surface area contributed by atoms with Crippen LogP contribution in [0.1, 0.15) is 64.5 Å². The maximum Gasteiger partial charge on any atom is 0.264 e. The number of carbonyl (C=O) groups excluding carboxylic acids is 3. The molecule has 9 nitrogen and oxygen atoms in total. The number of anilines is 2. The average Bonchev–Trinajstić information content (AvgIpc) is 3.58. The molecule has 55 heavy (non-hydrogen) atoms. The Morgan fingerprint density at radius 3 is 2.38 bits per heavy atom. The minimum Gasteiger partial charge on any atom is -0.497 e. The number of benzene rings is 3. The standard InChI is InChI=1S/C45H57N3O6Si/c1-31(2)12-11-13-32(3)22-24-48-39-21-16-35(47-25-23-41(47)50)28-38(39)45(44(48)52)33(4)43(55(6,7)37-19-17-36(53-5)18-20-37)40(54-45)29-42(51)46(26-27-49)30-34-14-9-8-10-15-34/h8-10,12,14-22,28,33,40,43,49H,11,13,23-27,29-30H2,1-7H3/b32-22+/t33-,40+,43-,45+/m1/s1. The van der Waals surface area contributed by atoms with E-state index >= 15 is 4.79 Å². The number of amides is 3. The molecule has 3 aromatic rings.